The van der Waals surface area contributed by atoms with Gasteiger partial charge in [0.05, 0.1) is 11.1 Å². The number of carbonyl (C=O) groups excluding carboxylic acids is 3. The number of nitrogens with one attached hydrogen (secondary N) is 1. The van der Waals surface area contributed by atoms with Crippen molar-refractivity contribution >= 4 is 29.7 Å². The van der Waals surface area contributed by atoms with Crippen molar-refractivity contribution in [3.8, 4) is 0 Å². The maximum Gasteiger partial charge on any atom is 0.408 e. The first-order valence-corrected chi connectivity index (χ1v) is 11.7. The molecule has 3 rings (SSSR count). The van der Waals surface area contributed by atoms with Crippen molar-refractivity contribution in [3.05, 3.63) is 71.8 Å². The summed E-state index contributed by atoms with van der Waals surface area (Å²) in [6.07, 6.45) is 0.786. The van der Waals surface area contributed by atoms with E-state index in [1.165, 1.54) is 11.8 Å². The Bertz CT molecular complexity index is 925. The lowest BCUT2D eigenvalue weighted by Gasteiger charge is -2.29. The summed E-state index contributed by atoms with van der Waals surface area (Å²) in [5.74, 6) is -0.218. The molecule has 0 spiro atoms. The summed E-state index contributed by atoms with van der Waals surface area (Å²) in [4.78, 5) is 39.3. The van der Waals surface area contributed by atoms with Crippen LogP contribution in [0.15, 0.2) is 60.7 Å². The van der Waals surface area contributed by atoms with Crippen molar-refractivity contribution in [2.75, 3.05) is 12.4 Å². The molecule has 0 bridgehead atoms. The van der Waals surface area contributed by atoms with Gasteiger partial charge in [0.1, 0.15) is 12.1 Å². The molecule has 0 unspecified atom stereocenters. The molecule has 0 saturated carbocycles. The quantitative estimate of drug-likeness (QED) is 0.573. The van der Waals surface area contributed by atoms with E-state index in [0.29, 0.717) is 31.7 Å². The molecule has 1 saturated heterocycles. The highest BCUT2D eigenvalue weighted by molar-refractivity contribution is 8.00. The van der Waals surface area contributed by atoms with Crippen LogP contribution >= 0.6 is 11.8 Å². The normalized spacial score (nSPS) is 18.9. The number of hydrogen-bond acceptors (Lipinski definition) is 5. The molecule has 1 aliphatic rings. The molecule has 1 aliphatic heterocycles. The first kappa shape index (κ1) is 23.7. The summed E-state index contributed by atoms with van der Waals surface area (Å²) in [5.41, 5.74) is 6.15. The molecule has 3 N–H and O–H groups in total. The van der Waals surface area contributed by atoms with Crippen LogP contribution in [0.1, 0.15) is 30.9 Å². The van der Waals surface area contributed by atoms with Crippen LogP contribution < -0.4 is 11.1 Å². The van der Waals surface area contributed by atoms with Crippen LogP contribution in [0.25, 0.3) is 0 Å². The van der Waals surface area contributed by atoms with E-state index in [1.807, 2.05) is 67.6 Å². The van der Waals surface area contributed by atoms with Crippen LogP contribution in [0.4, 0.5) is 4.79 Å². The van der Waals surface area contributed by atoms with Gasteiger partial charge in [0.15, 0.2) is 0 Å². The summed E-state index contributed by atoms with van der Waals surface area (Å²) < 4.78 is 5.40. The summed E-state index contributed by atoms with van der Waals surface area (Å²) in [6, 6.07) is 19.0. The summed E-state index contributed by atoms with van der Waals surface area (Å²) in [7, 11) is 0. The Morgan fingerprint density at radius 1 is 1.12 bits per heavy atom. The Labute approximate surface area is 192 Å². The van der Waals surface area contributed by atoms with Gasteiger partial charge in [-0.05, 0) is 24.0 Å². The standard InChI is InChI=1S/C24H29N3O4S/c1-2-20(21(25)28)32-17-27-14-13-24(22(27)29,15-18-9-5-3-6-10-18)26-23(30)31-16-19-11-7-4-8-12-19/h3-12,20H,2,13-17H2,1H3,(H2,25,28)(H,26,30)/t20-,24+/m0/s1. The number of nitrogens with zero attached hydrogens (tertiary/aromatic N) is 1. The van der Waals surface area contributed by atoms with Crippen LogP contribution in [-0.2, 0) is 27.4 Å². The van der Waals surface area contributed by atoms with Crippen LogP contribution in [0.3, 0.4) is 0 Å². The van der Waals surface area contributed by atoms with E-state index in [2.05, 4.69) is 5.32 Å². The van der Waals surface area contributed by atoms with E-state index in [1.54, 1.807) is 4.90 Å². The minimum atomic E-state index is -1.09. The monoisotopic (exact) mass is 455 g/mol. The van der Waals surface area contributed by atoms with E-state index in [-0.39, 0.29) is 23.7 Å². The first-order valence-electron chi connectivity index (χ1n) is 10.7. The Hall–Kier alpha value is -3.00. The lowest BCUT2D eigenvalue weighted by molar-refractivity contribution is -0.132. The molecule has 1 heterocycles. The second kappa shape index (κ2) is 11.0. The number of amides is 3. The average molecular weight is 456 g/mol. The number of nitrogens with two attached hydrogens (primary N) is 1. The number of benzene rings is 2. The van der Waals surface area contributed by atoms with Gasteiger partial charge in [-0.2, -0.15) is 0 Å². The van der Waals surface area contributed by atoms with Gasteiger partial charge < -0.3 is 20.7 Å². The second-order valence-electron chi connectivity index (χ2n) is 7.84. The van der Waals surface area contributed by atoms with E-state index in [4.69, 9.17) is 10.5 Å². The number of primary amides is 1. The average Bonchev–Trinajstić information content (AvgIpc) is 3.09. The third kappa shape index (κ3) is 6.03. The van der Waals surface area contributed by atoms with Crippen LogP contribution in [0.2, 0.25) is 0 Å². The highest BCUT2D eigenvalue weighted by Crippen LogP contribution is 2.30. The van der Waals surface area contributed by atoms with Gasteiger partial charge in [0.2, 0.25) is 11.8 Å². The van der Waals surface area contributed by atoms with Crippen molar-refractivity contribution in [2.45, 2.75) is 43.6 Å². The third-order valence-corrected chi connectivity index (χ3v) is 6.96. The molecule has 8 heteroatoms. The fraction of sp³-hybridized carbons (Fsp3) is 0.375. The summed E-state index contributed by atoms with van der Waals surface area (Å²) in [6.45, 7) is 2.49. The molecule has 0 aromatic heterocycles. The van der Waals surface area contributed by atoms with Crippen molar-refractivity contribution in [3.63, 3.8) is 0 Å². The number of alkyl carbamates (subject to hydrolysis) is 1. The minimum Gasteiger partial charge on any atom is -0.445 e. The zero-order chi connectivity index (χ0) is 23.0. The topological polar surface area (TPSA) is 102 Å². The fourth-order valence-electron chi connectivity index (χ4n) is 3.76. The smallest absolute Gasteiger partial charge is 0.408 e. The molecule has 170 valence electrons. The number of rotatable bonds is 10. The number of hydrogen-bond donors (Lipinski definition) is 2. The zero-order valence-corrected chi connectivity index (χ0v) is 19.0. The molecule has 2 aromatic carbocycles. The van der Waals surface area contributed by atoms with Gasteiger partial charge >= 0.3 is 6.09 Å². The summed E-state index contributed by atoms with van der Waals surface area (Å²) in [5, 5.41) is 2.51. The van der Waals surface area contributed by atoms with Gasteiger partial charge in [-0.3, -0.25) is 9.59 Å². The first-order chi connectivity index (χ1) is 15.4. The molecule has 0 radical (unpaired) electrons. The van der Waals surface area contributed by atoms with Gasteiger partial charge in [0, 0.05) is 13.0 Å². The minimum absolute atomic E-state index is 0.124. The maximum atomic E-state index is 13.4. The van der Waals surface area contributed by atoms with E-state index >= 15 is 0 Å². The predicted molar refractivity (Wildman–Crippen MR) is 125 cm³/mol. The fourth-order valence-corrected chi connectivity index (χ4v) is 4.77. The highest BCUT2D eigenvalue weighted by atomic mass is 32.2. The van der Waals surface area contributed by atoms with Crippen LogP contribution in [0.5, 0.6) is 0 Å². The van der Waals surface area contributed by atoms with E-state index in [0.717, 1.165) is 11.1 Å². The number of likely N-dealkylation sites (tertiary alicyclic amines) is 1. The molecular formula is C24H29N3O4S. The molecule has 3 amide bonds. The Balaban J connectivity index is 1.70. The molecular weight excluding hydrogens is 426 g/mol. The summed E-state index contributed by atoms with van der Waals surface area (Å²) >= 11 is 1.35. The molecule has 7 nitrogen and oxygen atoms in total. The van der Waals surface area contributed by atoms with Gasteiger partial charge in [0.25, 0.3) is 0 Å². The Morgan fingerprint density at radius 2 is 1.75 bits per heavy atom. The second-order valence-corrected chi connectivity index (χ2v) is 9.01. The number of thioether (sulfide) groups is 1. The third-order valence-electron chi connectivity index (χ3n) is 5.53. The van der Waals surface area contributed by atoms with Gasteiger partial charge in [-0.1, -0.05) is 67.6 Å². The van der Waals surface area contributed by atoms with Crippen molar-refractivity contribution < 1.29 is 19.1 Å². The number of carbonyl (C=O) groups is 3. The van der Waals surface area contributed by atoms with Crippen LogP contribution in [-0.4, -0.2) is 46.0 Å². The van der Waals surface area contributed by atoms with Gasteiger partial charge in [-0.25, -0.2) is 4.79 Å². The Kier molecular flexibility index (Phi) is 8.16. The van der Waals surface area contributed by atoms with Gasteiger partial charge in [-0.15, -0.1) is 11.8 Å². The van der Waals surface area contributed by atoms with E-state index in [9.17, 15) is 14.4 Å². The predicted octanol–water partition coefficient (Wildman–Crippen LogP) is 3.08. The van der Waals surface area contributed by atoms with Crippen molar-refractivity contribution in [1.82, 2.24) is 10.2 Å². The van der Waals surface area contributed by atoms with Crippen LogP contribution in [0, 0.1) is 0 Å². The lowest BCUT2D eigenvalue weighted by Crippen LogP contribution is -2.55. The van der Waals surface area contributed by atoms with Crippen molar-refractivity contribution in [1.29, 1.82) is 0 Å². The Morgan fingerprint density at radius 3 is 2.34 bits per heavy atom. The number of ether oxygens (including phenoxy) is 1. The molecule has 0 aliphatic carbocycles. The molecule has 32 heavy (non-hydrogen) atoms. The van der Waals surface area contributed by atoms with E-state index < -0.39 is 11.6 Å². The SMILES string of the molecule is CC[C@H](SCN1CC[C@](Cc2ccccc2)(NC(=O)OCc2ccccc2)C1=O)C(N)=O. The lowest BCUT2D eigenvalue weighted by atomic mass is 9.89. The maximum absolute atomic E-state index is 13.4. The molecule has 1 fully saturated rings. The highest BCUT2D eigenvalue weighted by Gasteiger charge is 2.48. The molecule has 2 aromatic rings. The largest absolute Gasteiger partial charge is 0.445 e. The zero-order valence-electron chi connectivity index (χ0n) is 18.2. The van der Waals surface area contributed by atoms with Crippen molar-refractivity contribution in [2.24, 2.45) is 5.73 Å². The molecule has 2 atom stereocenters.